The van der Waals surface area contributed by atoms with Crippen molar-refractivity contribution in [1.82, 2.24) is 20.2 Å². The average Bonchev–Trinajstić information content (AvgIpc) is 2.47. The molecule has 0 fully saturated rings. The van der Waals surface area contributed by atoms with Crippen molar-refractivity contribution >= 4 is 23.4 Å². The highest BCUT2D eigenvalue weighted by atomic mass is 16.6. The van der Waals surface area contributed by atoms with Crippen molar-refractivity contribution in [3.8, 4) is 0 Å². The van der Waals surface area contributed by atoms with Crippen LogP contribution in [-0.4, -0.2) is 38.0 Å². The van der Waals surface area contributed by atoms with Crippen LogP contribution >= 0.6 is 0 Å². The van der Waals surface area contributed by atoms with Gasteiger partial charge in [-0.25, -0.2) is 9.97 Å². The number of nitro groups is 1. The van der Waals surface area contributed by atoms with E-state index in [4.69, 9.17) is 0 Å². The largest absolute Gasteiger partial charge is 0.372 e. The average molecular weight is 275 g/mol. The molecule has 0 atom stereocenters. The smallest absolute Gasteiger partial charge is 0.288 e. The molecule has 102 valence electrons. The van der Waals surface area contributed by atoms with Crippen molar-refractivity contribution in [3.63, 3.8) is 0 Å². The van der Waals surface area contributed by atoms with Crippen LogP contribution in [0.4, 0.5) is 17.5 Å². The van der Waals surface area contributed by atoms with Crippen molar-refractivity contribution in [1.29, 1.82) is 0 Å². The summed E-state index contributed by atoms with van der Waals surface area (Å²) in [6.07, 6.45) is 3.76. The molecule has 0 aliphatic heterocycles. The molecule has 0 spiro atoms. The molecule has 2 aromatic rings. The van der Waals surface area contributed by atoms with Gasteiger partial charge >= 0.3 is 0 Å². The van der Waals surface area contributed by atoms with E-state index in [1.807, 2.05) is 0 Å². The van der Waals surface area contributed by atoms with Gasteiger partial charge in [-0.05, 0) is 0 Å². The predicted octanol–water partition coefficient (Wildman–Crippen LogP) is 0.469. The Morgan fingerprint density at radius 2 is 2.15 bits per heavy atom. The molecule has 0 saturated heterocycles. The van der Waals surface area contributed by atoms with Crippen molar-refractivity contribution in [2.45, 2.75) is 0 Å². The number of carbonyl (C=O) groups excluding carboxylic acids is 1. The summed E-state index contributed by atoms with van der Waals surface area (Å²) in [6, 6.07) is 1.12. The van der Waals surface area contributed by atoms with Crippen LogP contribution in [0.3, 0.4) is 0 Å². The van der Waals surface area contributed by atoms with Crippen LogP contribution in [0.15, 0.2) is 24.7 Å². The molecule has 0 radical (unpaired) electrons. The monoisotopic (exact) mass is 275 g/mol. The second-order valence-electron chi connectivity index (χ2n) is 3.52. The highest BCUT2D eigenvalue weighted by molar-refractivity contribution is 6.07. The van der Waals surface area contributed by atoms with E-state index in [0.29, 0.717) is 0 Å². The van der Waals surface area contributed by atoms with E-state index in [-0.39, 0.29) is 23.0 Å². The Morgan fingerprint density at radius 1 is 1.35 bits per heavy atom. The van der Waals surface area contributed by atoms with E-state index in [1.54, 1.807) is 7.05 Å². The molecule has 0 aliphatic rings. The molecule has 2 heterocycles. The van der Waals surface area contributed by atoms with Crippen LogP contribution in [0.1, 0.15) is 10.4 Å². The van der Waals surface area contributed by atoms with Crippen LogP contribution in [0.2, 0.25) is 0 Å². The number of hydrogen-bond acceptors (Lipinski definition) is 8. The van der Waals surface area contributed by atoms with Crippen LogP contribution < -0.4 is 10.6 Å². The normalized spacial score (nSPS) is 9.85. The molecule has 2 N–H and O–H groups in total. The third kappa shape index (κ3) is 2.80. The maximum Gasteiger partial charge on any atom is 0.288 e. The fraction of sp³-hybridized carbons (Fsp3) is 0.100. The quantitative estimate of drug-likeness (QED) is 0.607. The number of nitrogens with one attached hydrogen (secondary N) is 2. The van der Waals surface area contributed by atoms with Gasteiger partial charge in [-0.1, -0.05) is 0 Å². The summed E-state index contributed by atoms with van der Waals surface area (Å²) in [4.78, 5) is 29.7. The lowest BCUT2D eigenvalue weighted by Gasteiger charge is -2.07. The first-order valence-electron chi connectivity index (χ1n) is 5.39. The van der Waals surface area contributed by atoms with Crippen molar-refractivity contribution in [3.05, 3.63) is 40.3 Å². The third-order valence-corrected chi connectivity index (χ3v) is 2.27. The van der Waals surface area contributed by atoms with Gasteiger partial charge in [0.15, 0.2) is 0 Å². The van der Waals surface area contributed by atoms with Crippen LogP contribution in [0, 0.1) is 10.1 Å². The Kier molecular flexibility index (Phi) is 3.75. The van der Waals surface area contributed by atoms with Gasteiger partial charge < -0.3 is 5.32 Å². The second-order valence-corrected chi connectivity index (χ2v) is 3.52. The standard InChI is InChI=1S/C10H9N7O3/c1-11-8-7(4-6(5-13-8)17(19)20)9(18)15-10-12-2-3-14-16-10/h2-5H,1H3,(H,11,13)(H,12,15,16,18). The van der Waals surface area contributed by atoms with Crippen molar-refractivity contribution in [2.24, 2.45) is 0 Å². The Morgan fingerprint density at radius 3 is 2.75 bits per heavy atom. The molecular formula is C10H9N7O3. The van der Waals surface area contributed by atoms with Gasteiger partial charge in [0.25, 0.3) is 11.6 Å². The summed E-state index contributed by atoms with van der Waals surface area (Å²) in [5, 5.41) is 22.9. The molecule has 1 amide bonds. The minimum atomic E-state index is -0.635. The lowest BCUT2D eigenvalue weighted by Crippen LogP contribution is -2.17. The Balaban J connectivity index is 2.32. The molecule has 10 heteroatoms. The van der Waals surface area contributed by atoms with Gasteiger partial charge in [-0.15, -0.1) is 5.10 Å². The topological polar surface area (TPSA) is 136 Å². The molecule has 0 saturated carbocycles. The van der Waals surface area contributed by atoms with Gasteiger partial charge in [0, 0.05) is 13.1 Å². The SMILES string of the molecule is CNc1ncc([N+](=O)[O-])cc1C(=O)Nc1nccnn1. The molecule has 10 nitrogen and oxygen atoms in total. The van der Waals surface area contributed by atoms with Gasteiger partial charge in [-0.3, -0.25) is 20.2 Å². The molecule has 0 bridgehead atoms. The number of hydrogen-bond donors (Lipinski definition) is 2. The number of aromatic nitrogens is 4. The van der Waals surface area contributed by atoms with Crippen LogP contribution in [0.5, 0.6) is 0 Å². The second kappa shape index (κ2) is 5.65. The zero-order valence-corrected chi connectivity index (χ0v) is 10.3. The molecule has 20 heavy (non-hydrogen) atoms. The van der Waals surface area contributed by atoms with Gasteiger partial charge in [0.2, 0.25) is 5.95 Å². The van der Waals surface area contributed by atoms with E-state index in [1.165, 1.54) is 12.4 Å². The zero-order chi connectivity index (χ0) is 14.5. The van der Waals surface area contributed by atoms with Gasteiger partial charge in [0.05, 0.1) is 22.9 Å². The predicted molar refractivity (Wildman–Crippen MR) is 68.2 cm³/mol. The number of anilines is 2. The van der Waals surface area contributed by atoms with E-state index in [2.05, 4.69) is 30.8 Å². The molecule has 2 rings (SSSR count). The number of carbonyl (C=O) groups is 1. The first-order valence-corrected chi connectivity index (χ1v) is 5.39. The lowest BCUT2D eigenvalue weighted by atomic mass is 10.2. The summed E-state index contributed by atoms with van der Waals surface area (Å²) in [7, 11) is 1.55. The maximum atomic E-state index is 12.0. The van der Waals surface area contributed by atoms with Gasteiger partial charge in [0.1, 0.15) is 12.0 Å². The van der Waals surface area contributed by atoms with Crippen LogP contribution in [0.25, 0.3) is 0 Å². The molecular weight excluding hydrogens is 266 g/mol. The Bertz CT molecular complexity index is 647. The lowest BCUT2D eigenvalue weighted by molar-refractivity contribution is -0.385. The Labute approximate surface area is 112 Å². The number of nitrogens with zero attached hydrogens (tertiary/aromatic N) is 5. The zero-order valence-electron chi connectivity index (χ0n) is 10.3. The number of rotatable bonds is 4. The fourth-order valence-corrected chi connectivity index (χ4v) is 1.40. The van der Waals surface area contributed by atoms with Crippen molar-refractivity contribution in [2.75, 3.05) is 17.7 Å². The van der Waals surface area contributed by atoms with E-state index in [9.17, 15) is 14.9 Å². The Hall–Kier alpha value is -3.17. The van der Waals surface area contributed by atoms with Gasteiger partial charge in [-0.2, -0.15) is 5.10 Å². The summed E-state index contributed by atoms with van der Waals surface area (Å²) in [5.74, 6) is -0.429. The highest BCUT2D eigenvalue weighted by Crippen LogP contribution is 2.19. The maximum absolute atomic E-state index is 12.0. The summed E-state index contributed by atoms with van der Waals surface area (Å²) in [5.41, 5.74) is -0.282. The number of pyridine rings is 1. The molecule has 2 aromatic heterocycles. The summed E-state index contributed by atoms with van der Waals surface area (Å²) in [6.45, 7) is 0. The first-order chi connectivity index (χ1) is 9.61. The van der Waals surface area contributed by atoms with E-state index in [0.717, 1.165) is 12.3 Å². The fourth-order valence-electron chi connectivity index (χ4n) is 1.40. The minimum absolute atomic E-state index is 0.00828. The number of amides is 1. The van der Waals surface area contributed by atoms with E-state index >= 15 is 0 Å². The third-order valence-electron chi connectivity index (χ3n) is 2.27. The van der Waals surface area contributed by atoms with E-state index < -0.39 is 10.8 Å². The summed E-state index contributed by atoms with van der Waals surface area (Å²) < 4.78 is 0. The minimum Gasteiger partial charge on any atom is -0.372 e. The van der Waals surface area contributed by atoms with Crippen molar-refractivity contribution < 1.29 is 9.72 Å². The first kappa shape index (κ1) is 13.3. The highest BCUT2D eigenvalue weighted by Gasteiger charge is 2.18. The summed E-state index contributed by atoms with van der Waals surface area (Å²) >= 11 is 0. The molecule has 0 aliphatic carbocycles. The van der Waals surface area contributed by atoms with Crippen LogP contribution in [-0.2, 0) is 0 Å². The molecule has 0 aromatic carbocycles. The molecule has 0 unspecified atom stereocenters.